The minimum absolute atomic E-state index is 0.00907. The van der Waals surface area contributed by atoms with Gasteiger partial charge in [0.05, 0.1) is 27.7 Å². The van der Waals surface area contributed by atoms with Gasteiger partial charge in [0.1, 0.15) is 18.6 Å². The predicted molar refractivity (Wildman–Crippen MR) is 183 cm³/mol. The molecule has 3 aromatic heterocycles. The third-order valence-corrected chi connectivity index (χ3v) is 10.3. The fraction of sp³-hybridized carbons (Fsp3) is 0.485. The highest BCUT2D eigenvalue weighted by molar-refractivity contribution is 6.33. The van der Waals surface area contributed by atoms with Gasteiger partial charge in [-0.15, -0.1) is 5.10 Å². The van der Waals surface area contributed by atoms with Gasteiger partial charge < -0.3 is 34.4 Å². The van der Waals surface area contributed by atoms with Crippen LogP contribution in [0, 0.1) is 12.3 Å². The Kier molecular flexibility index (Phi) is 9.23. The fourth-order valence-corrected chi connectivity index (χ4v) is 7.34. The number of carbonyl (C=O) groups is 2. The molecule has 2 amide bonds. The lowest BCUT2D eigenvalue weighted by Crippen LogP contribution is -2.59. The molecule has 1 spiro atoms. The Labute approximate surface area is 300 Å². The van der Waals surface area contributed by atoms with Crippen LogP contribution in [-0.4, -0.2) is 103 Å². The molecule has 52 heavy (non-hydrogen) atoms. The van der Waals surface area contributed by atoms with Crippen molar-refractivity contribution in [3.05, 3.63) is 62.5 Å². The number of aromatic nitrogens is 6. The van der Waals surface area contributed by atoms with Crippen LogP contribution in [0.2, 0.25) is 5.02 Å². The quantitative estimate of drug-likeness (QED) is 0.286. The number of fused-ring (bicyclic) bond motifs is 1. The van der Waals surface area contributed by atoms with E-state index in [4.69, 9.17) is 21.3 Å². The van der Waals surface area contributed by atoms with Crippen LogP contribution in [0.5, 0.6) is 5.75 Å². The third-order valence-electron chi connectivity index (χ3n) is 10.0. The molecule has 19 heteroatoms. The largest absolute Gasteiger partial charge is 0.504 e. The van der Waals surface area contributed by atoms with E-state index in [1.54, 1.807) is 11.5 Å². The zero-order chi connectivity index (χ0) is 36.9. The van der Waals surface area contributed by atoms with Crippen LogP contribution in [-0.2, 0) is 28.7 Å². The van der Waals surface area contributed by atoms with Crippen molar-refractivity contribution in [3.63, 3.8) is 0 Å². The molecule has 0 bridgehead atoms. The highest BCUT2D eigenvalue weighted by Gasteiger charge is 2.45. The molecule has 0 atom stereocenters. The number of ether oxygens (including phenoxy) is 1. The van der Waals surface area contributed by atoms with Crippen molar-refractivity contribution < 1.29 is 32.6 Å². The Balaban J connectivity index is 1.21. The molecule has 7 rings (SSSR count). The molecule has 1 aromatic carbocycles. The van der Waals surface area contributed by atoms with Crippen molar-refractivity contribution in [1.82, 2.24) is 34.0 Å². The molecule has 276 valence electrons. The molecule has 0 aliphatic carbocycles. The molecule has 4 aromatic rings. The smallest absolute Gasteiger partial charge is 0.416 e. The third kappa shape index (κ3) is 6.48. The second-order valence-corrected chi connectivity index (χ2v) is 13.7. The maximum Gasteiger partial charge on any atom is 0.416 e. The van der Waals surface area contributed by atoms with Crippen LogP contribution < -0.4 is 20.7 Å². The van der Waals surface area contributed by atoms with Gasteiger partial charge in [0.15, 0.2) is 11.4 Å². The van der Waals surface area contributed by atoms with Crippen molar-refractivity contribution >= 4 is 46.5 Å². The van der Waals surface area contributed by atoms with Crippen molar-refractivity contribution in [1.29, 1.82) is 0 Å². The summed E-state index contributed by atoms with van der Waals surface area (Å²) in [6.07, 6.45) is -1.28. The van der Waals surface area contributed by atoms with E-state index >= 15 is 0 Å². The summed E-state index contributed by atoms with van der Waals surface area (Å²) in [4.78, 5) is 59.1. The first kappa shape index (κ1) is 35.4. The molecule has 3 aliphatic rings. The monoisotopic (exact) mass is 744 g/mol. The fourth-order valence-electron chi connectivity index (χ4n) is 7.11. The van der Waals surface area contributed by atoms with E-state index in [1.807, 2.05) is 16.7 Å². The molecule has 0 unspecified atom stereocenters. The van der Waals surface area contributed by atoms with E-state index in [9.17, 15) is 32.7 Å². The first-order valence-electron chi connectivity index (χ1n) is 16.8. The minimum atomic E-state index is -4.61. The summed E-state index contributed by atoms with van der Waals surface area (Å²) in [5.74, 6) is -0.908. The van der Waals surface area contributed by atoms with Crippen LogP contribution >= 0.6 is 11.6 Å². The van der Waals surface area contributed by atoms with E-state index < -0.39 is 29.1 Å². The second kappa shape index (κ2) is 13.5. The first-order valence-corrected chi connectivity index (χ1v) is 17.2. The molecule has 3 fully saturated rings. The van der Waals surface area contributed by atoms with Gasteiger partial charge in [0, 0.05) is 57.9 Å². The number of piperazine rings is 1. The number of hydrogen-bond donors (Lipinski definition) is 2. The number of aryl methyl sites for hydroxylation is 1. The summed E-state index contributed by atoms with van der Waals surface area (Å²) in [6.45, 7) is 6.68. The Hall–Kier alpha value is -4.97. The van der Waals surface area contributed by atoms with Gasteiger partial charge in [0.2, 0.25) is 17.6 Å². The lowest BCUT2D eigenvalue weighted by Gasteiger charge is -2.51. The van der Waals surface area contributed by atoms with Gasteiger partial charge in [-0.2, -0.15) is 22.7 Å². The Morgan fingerprint density at radius 2 is 1.79 bits per heavy atom. The Bertz CT molecular complexity index is 2100. The van der Waals surface area contributed by atoms with E-state index in [-0.39, 0.29) is 77.5 Å². The minimum Gasteiger partial charge on any atom is -0.504 e. The zero-order valence-electron chi connectivity index (χ0n) is 28.4. The summed E-state index contributed by atoms with van der Waals surface area (Å²) in [7, 11) is 0. The topological polar surface area (TPSA) is 163 Å². The molecule has 6 heterocycles. The van der Waals surface area contributed by atoms with E-state index in [0.29, 0.717) is 44.4 Å². The Morgan fingerprint density at radius 3 is 2.44 bits per heavy atom. The summed E-state index contributed by atoms with van der Waals surface area (Å²) >= 11 is 6.14. The van der Waals surface area contributed by atoms with Crippen molar-refractivity contribution in [3.8, 4) is 5.75 Å². The van der Waals surface area contributed by atoms with Gasteiger partial charge in [0.25, 0.3) is 11.5 Å². The summed E-state index contributed by atoms with van der Waals surface area (Å²) in [5, 5.41) is 17.3. The highest BCUT2D eigenvalue weighted by atomic mass is 35.5. The first-order chi connectivity index (χ1) is 24.8. The van der Waals surface area contributed by atoms with Crippen molar-refractivity contribution in [2.75, 3.05) is 67.6 Å². The number of nitrogens with zero attached hydrogens (tertiary/aromatic N) is 9. The molecule has 2 N–H and O–H groups in total. The predicted octanol–water partition coefficient (Wildman–Crippen LogP) is 3.15. The highest BCUT2D eigenvalue weighted by Crippen LogP contribution is 2.41. The van der Waals surface area contributed by atoms with Crippen LogP contribution in [0.25, 0.3) is 5.78 Å². The van der Waals surface area contributed by atoms with Crippen LogP contribution in [0.4, 0.5) is 30.5 Å². The molecular formula is C33H36ClF3N10O5. The zero-order valence-corrected chi connectivity index (χ0v) is 29.2. The number of hydrogen-bond acceptors (Lipinski definition) is 11. The molecular weight excluding hydrogens is 709 g/mol. The molecule has 15 nitrogen and oxygen atoms in total. The van der Waals surface area contributed by atoms with Crippen molar-refractivity contribution in [2.24, 2.45) is 5.41 Å². The normalized spacial score (nSPS) is 17.5. The number of anilines is 3. The lowest BCUT2D eigenvalue weighted by atomic mass is 9.73. The lowest BCUT2D eigenvalue weighted by molar-refractivity contribution is -0.137. The van der Waals surface area contributed by atoms with Crippen molar-refractivity contribution in [2.45, 2.75) is 45.8 Å². The van der Waals surface area contributed by atoms with Crippen LogP contribution in [0.15, 0.2) is 29.3 Å². The summed E-state index contributed by atoms with van der Waals surface area (Å²) in [6, 6.07) is 2.66. The average Bonchev–Trinajstić information content (AvgIpc) is 3.56. The summed E-state index contributed by atoms with van der Waals surface area (Å²) < 4.78 is 48.0. The van der Waals surface area contributed by atoms with Gasteiger partial charge in [-0.3, -0.25) is 14.4 Å². The number of halogens is 4. The van der Waals surface area contributed by atoms with Gasteiger partial charge in [-0.05, 0) is 44.4 Å². The van der Waals surface area contributed by atoms with Crippen LogP contribution in [0.1, 0.15) is 47.2 Å². The summed E-state index contributed by atoms with van der Waals surface area (Å²) in [5.41, 5.74) is -0.389. The number of rotatable bonds is 7. The molecule has 0 saturated carbocycles. The SMILES string of the molecule is CCc1c(N2CCN(C(=O)c3ncnc(C)c3O)CC2)c(=O)n2nc(N3CC4(CCOCC4)C3)nc2n1CC(=O)Nc1ccc(C(F)(F)F)cc1Cl. The van der Waals surface area contributed by atoms with Gasteiger partial charge >= 0.3 is 6.18 Å². The van der Waals surface area contributed by atoms with Gasteiger partial charge in [-0.1, -0.05) is 18.5 Å². The van der Waals surface area contributed by atoms with Crippen LogP contribution in [0.3, 0.4) is 0 Å². The number of amides is 2. The van der Waals surface area contributed by atoms with E-state index in [1.165, 1.54) is 15.7 Å². The molecule has 3 aliphatic heterocycles. The number of alkyl halides is 3. The van der Waals surface area contributed by atoms with E-state index in [0.717, 1.165) is 31.0 Å². The number of carbonyl (C=O) groups excluding carboxylic acids is 2. The maximum absolute atomic E-state index is 14.3. The number of nitrogens with one attached hydrogen (secondary N) is 1. The Morgan fingerprint density at radius 1 is 1.08 bits per heavy atom. The number of benzene rings is 1. The molecule has 3 saturated heterocycles. The second-order valence-electron chi connectivity index (χ2n) is 13.3. The molecule has 0 radical (unpaired) electrons. The number of aromatic hydroxyl groups is 1. The average molecular weight is 745 g/mol. The van der Waals surface area contributed by atoms with E-state index in [2.05, 4.69) is 20.4 Å². The van der Waals surface area contributed by atoms with Gasteiger partial charge in [-0.25, -0.2) is 9.97 Å². The maximum atomic E-state index is 14.3. The standard InChI is InChI=1S/C33H36ClF3N10O5/c1-3-23-26(43-8-10-44(11-9-43)28(50)25-27(49)19(2)38-18-39-25)29(51)47-31(41-30(42-47)45-16-32(17-45)6-12-52-13-7-32)46(23)15-24(48)40-22-5-4-20(14-21(22)34)33(35,36)37/h4-5,14,18,49H,3,6-13,15-17H2,1-2H3,(H,40,48).